The third-order valence-corrected chi connectivity index (χ3v) is 6.30. The van der Waals surface area contributed by atoms with Gasteiger partial charge in [0.1, 0.15) is 0 Å². The van der Waals surface area contributed by atoms with E-state index in [4.69, 9.17) is 0 Å². The highest BCUT2D eigenvalue weighted by Gasteiger charge is 2.36. The average Bonchev–Trinajstić information content (AvgIpc) is 3.10. The summed E-state index contributed by atoms with van der Waals surface area (Å²) in [6, 6.07) is 10.0. The minimum absolute atomic E-state index is 0. The van der Waals surface area contributed by atoms with Crippen LogP contribution in [0.25, 0.3) is 10.1 Å². The maximum Gasteiger partial charge on any atom is 0.227 e. The molecule has 4 rings (SSSR count). The predicted molar refractivity (Wildman–Crippen MR) is 98.5 cm³/mol. The van der Waals surface area contributed by atoms with E-state index in [-0.39, 0.29) is 18.3 Å². The number of piperidine rings is 1. The van der Waals surface area contributed by atoms with Crippen LogP contribution in [-0.2, 0) is 11.2 Å². The van der Waals surface area contributed by atoms with Crippen molar-refractivity contribution in [3.8, 4) is 0 Å². The van der Waals surface area contributed by atoms with Crippen molar-refractivity contribution >= 4 is 39.7 Å². The molecule has 0 aliphatic carbocycles. The summed E-state index contributed by atoms with van der Waals surface area (Å²) in [6.07, 6.45) is 5.31. The third kappa shape index (κ3) is 3.25. The molecule has 2 fully saturated rings. The maximum atomic E-state index is 12.7. The molecule has 5 heteroatoms. The Morgan fingerprint density at radius 1 is 1.26 bits per heavy atom. The van der Waals surface area contributed by atoms with Crippen molar-refractivity contribution in [2.24, 2.45) is 0 Å². The Morgan fingerprint density at radius 2 is 1.96 bits per heavy atom. The Bertz CT molecular complexity index is 689. The number of hydrogen-bond acceptors (Lipinski definition) is 3. The van der Waals surface area contributed by atoms with Crippen LogP contribution in [0.3, 0.4) is 0 Å². The predicted octanol–water partition coefficient (Wildman–Crippen LogP) is 3.61. The van der Waals surface area contributed by atoms with Gasteiger partial charge in [0.15, 0.2) is 0 Å². The van der Waals surface area contributed by atoms with Gasteiger partial charge in [0.05, 0.1) is 6.42 Å². The minimum Gasteiger partial charge on any atom is -0.342 e. The van der Waals surface area contributed by atoms with Crippen molar-refractivity contribution in [2.45, 2.75) is 50.2 Å². The Kier molecular flexibility index (Phi) is 4.95. The molecule has 3 nitrogen and oxygen atoms in total. The van der Waals surface area contributed by atoms with E-state index < -0.39 is 0 Å². The zero-order valence-corrected chi connectivity index (χ0v) is 15.0. The number of amides is 1. The van der Waals surface area contributed by atoms with Gasteiger partial charge in [-0.1, -0.05) is 18.2 Å². The highest BCUT2D eigenvalue weighted by Crippen LogP contribution is 2.30. The second kappa shape index (κ2) is 6.80. The lowest BCUT2D eigenvalue weighted by atomic mass is 9.98. The molecular formula is C18H23ClN2OS. The molecule has 2 unspecified atom stereocenters. The molecule has 1 aromatic heterocycles. The second-order valence-corrected chi connectivity index (χ2v) is 7.61. The number of nitrogens with one attached hydrogen (secondary N) is 1. The molecule has 124 valence electrons. The summed E-state index contributed by atoms with van der Waals surface area (Å²) in [5, 5.41) is 7.02. The van der Waals surface area contributed by atoms with E-state index in [1.54, 1.807) is 11.3 Å². The van der Waals surface area contributed by atoms with Crippen LogP contribution in [-0.4, -0.2) is 36.0 Å². The Labute approximate surface area is 147 Å². The summed E-state index contributed by atoms with van der Waals surface area (Å²) in [5.74, 6) is 0.259. The van der Waals surface area contributed by atoms with Gasteiger partial charge in [-0.15, -0.1) is 23.7 Å². The number of nitrogens with zero attached hydrogens (tertiary/aromatic N) is 1. The molecule has 0 radical (unpaired) electrons. The molecule has 1 N–H and O–H groups in total. The molecule has 0 spiro atoms. The van der Waals surface area contributed by atoms with Crippen LogP contribution in [0.2, 0.25) is 0 Å². The fraction of sp³-hybridized carbons (Fsp3) is 0.500. The van der Waals surface area contributed by atoms with E-state index in [1.165, 1.54) is 28.5 Å². The van der Waals surface area contributed by atoms with Crippen molar-refractivity contribution < 1.29 is 4.79 Å². The lowest BCUT2D eigenvalue weighted by Gasteiger charge is -2.35. The van der Waals surface area contributed by atoms with Crippen LogP contribution in [0, 0.1) is 0 Å². The fourth-order valence-electron chi connectivity index (χ4n) is 4.00. The summed E-state index contributed by atoms with van der Waals surface area (Å²) in [7, 11) is 1.99. The normalized spacial score (nSPS) is 26.0. The van der Waals surface area contributed by atoms with Crippen molar-refractivity contribution in [3.63, 3.8) is 0 Å². The molecule has 2 aliphatic rings. The second-order valence-electron chi connectivity index (χ2n) is 6.70. The summed E-state index contributed by atoms with van der Waals surface area (Å²) < 4.78 is 1.27. The first-order valence-electron chi connectivity index (χ1n) is 8.17. The number of hydrogen-bond donors (Lipinski definition) is 1. The van der Waals surface area contributed by atoms with E-state index in [2.05, 4.69) is 35.0 Å². The Morgan fingerprint density at radius 3 is 2.70 bits per heavy atom. The van der Waals surface area contributed by atoms with Gasteiger partial charge in [0, 0.05) is 29.9 Å². The summed E-state index contributed by atoms with van der Waals surface area (Å²) in [5.41, 5.74) is 1.18. The first-order valence-corrected chi connectivity index (χ1v) is 9.05. The van der Waals surface area contributed by atoms with Crippen LogP contribution >= 0.6 is 23.7 Å². The highest BCUT2D eigenvalue weighted by molar-refractivity contribution is 7.17. The van der Waals surface area contributed by atoms with E-state index in [1.807, 2.05) is 11.9 Å². The monoisotopic (exact) mass is 350 g/mol. The van der Waals surface area contributed by atoms with Gasteiger partial charge in [-0.25, -0.2) is 0 Å². The fourth-order valence-corrected chi connectivity index (χ4v) is 4.97. The zero-order valence-electron chi connectivity index (χ0n) is 13.3. The topological polar surface area (TPSA) is 32.3 Å². The summed E-state index contributed by atoms with van der Waals surface area (Å²) >= 11 is 1.73. The number of fused-ring (bicyclic) bond motifs is 3. The number of carbonyl (C=O) groups is 1. The molecule has 2 bridgehead atoms. The standard InChI is InChI=1S/C18H22N2OS.ClH/c1-20(15-9-13-6-7-14(10-15)19-13)18(21)8-12-11-22-17-5-3-2-4-16(12)17;/h2-5,11,13-15,19H,6-10H2,1H3;1H. The van der Waals surface area contributed by atoms with E-state index in [0.717, 1.165) is 12.8 Å². The van der Waals surface area contributed by atoms with Crippen molar-refractivity contribution in [1.82, 2.24) is 10.2 Å². The van der Waals surface area contributed by atoms with E-state index in [9.17, 15) is 4.79 Å². The number of thiophene rings is 1. The molecule has 2 aliphatic heterocycles. The molecule has 0 saturated carbocycles. The molecule has 3 heterocycles. The van der Waals surface area contributed by atoms with Crippen LogP contribution in [0.1, 0.15) is 31.2 Å². The van der Waals surface area contributed by atoms with Crippen LogP contribution in [0.4, 0.5) is 0 Å². The van der Waals surface area contributed by atoms with Crippen LogP contribution in [0.15, 0.2) is 29.6 Å². The molecule has 23 heavy (non-hydrogen) atoms. The number of halogens is 1. The zero-order chi connectivity index (χ0) is 15.1. The van der Waals surface area contributed by atoms with Gasteiger partial charge in [-0.3, -0.25) is 4.79 Å². The van der Waals surface area contributed by atoms with Gasteiger partial charge in [-0.05, 0) is 48.1 Å². The SMILES string of the molecule is CN(C(=O)Cc1csc2ccccc12)C1CC2CCC(C1)N2.Cl. The maximum absolute atomic E-state index is 12.7. The van der Waals surface area contributed by atoms with Crippen LogP contribution in [0.5, 0.6) is 0 Å². The number of likely N-dealkylation sites (N-methyl/N-ethyl adjacent to an activating group) is 1. The molecule has 2 aromatic rings. The number of rotatable bonds is 3. The van der Waals surface area contributed by atoms with Crippen molar-refractivity contribution in [2.75, 3.05) is 7.05 Å². The molecule has 1 aromatic carbocycles. The smallest absolute Gasteiger partial charge is 0.227 e. The van der Waals surface area contributed by atoms with Gasteiger partial charge in [0.25, 0.3) is 0 Å². The van der Waals surface area contributed by atoms with Gasteiger partial charge >= 0.3 is 0 Å². The largest absolute Gasteiger partial charge is 0.342 e. The van der Waals surface area contributed by atoms with Gasteiger partial charge in [-0.2, -0.15) is 0 Å². The summed E-state index contributed by atoms with van der Waals surface area (Å²) in [4.78, 5) is 14.7. The molecule has 2 atom stereocenters. The van der Waals surface area contributed by atoms with Gasteiger partial charge < -0.3 is 10.2 Å². The lowest BCUT2D eigenvalue weighted by molar-refractivity contribution is -0.131. The number of benzene rings is 1. The molecule has 1 amide bonds. The Hall–Kier alpha value is -1.10. The average molecular weight is 351 g/mol. The minimum atomic E-state index is 0. The van der Waals surface area contributed by atoms with E-state index in [0.29, 0.717) is 24.5 Å². The number of carbonyl (C=O) groups excluding carboxylic acids is 1. The van der Waals surface area contributed by atoms with Crippen LogP contribution < -0.4 is 5.32 Å². The molecule has 2 saturated heterocycles. The quantitative estimate of drug-likeness (QED) is 0.917. The summed E-state index contributed by atoms with van der Waals surface area (Å²) in [6.45, 7) is 0. The van der Waals surface area contributed by atoms with Crippen molar-refractivity contribution in [1.29, 1.82) is 0 Å². The third-order valence-electron chi connectivity index (χ3n) is 5.29. The first-order chi connectivity index (χ1) is 10.7. The lowest BCUT2D eigenvalue weighted by Crippen LogP contribution is -2.49. The van der Waals surface area contributed by atoms with E-state index >= 15 is 0 Å². The highest BCUT2D eigenvalue weighted by atomic mass is 35.5. The first kappa shape index (κ1) is 16.7. The molecular weight excluding hydrogens is 328 g/mol. The van der Waals surface area contributed by atoms with Gasteiger partial charge in [0.2, 0.25) is 5.91 Å². The van der Waals surface area contributed by atoms with Crippen molar-refractivity contribution in [3.05, 3.63) is 35.2 Å². The Balaban J connectivity index is 0.00000156.